The lowest BCUT2D eigenvalue weighted by atomic mass is 10.0. The topological polar surface area (TPSA) is 63.2 Å². The summed E-state index contributed by atoms with van der Waals surface area (Å²) < 4.78 is 22.8. The number of hydrogen-bond acceptors (Lipinski definition) is 3. The predicted octanol–water partition coefficient (Wildman–Crippen LogP) is 2.37. The lowest BCUT2D eigenvalue weighted by Gasteiger charge is -2.12. The summed E-state index contributed by atoms with van der Waals surface area (Å²) in [6.45, 7) is 7.07. The molecule has 1 aromatic rings. The van der Waals surface area contributed by atoms with Crippen molar-refractivity contribution in [2.45, 2.75) is 38.6 Å². The zero-order valence-corrected chi connectivity index (χ0v) is 12.3. The highest BCUT2D eigenvalue weighted by molar-refractivity contribution is 8.13. The third-order valence-electron chi connectivity index (χ3n) is 2.45. The molecule has 0 aliphatic carbocycles. The van der Waals surface area contributed by atoms with E-state index >= 15 is 0 Å². The molecule has 0 heterocycles. The summed E-state index contributed by atoms with van der Waals surface area (Å²) >= 11 is 0. The van der Waals surface area contributed by atoms with E-state index in [0.717, 1.165) is 5.56 Å². The van der Waals surface area contributed by atoms with E-state index < -0.39 is 9.05 Å². The van der Waals surface area contributed by atoms with Gasteiger partial charge in [-0.15, -0.1) is 0 Å². The van der Waals surface area contributed by atoms with Gasteiger partial charge in [-0.3, -0.25) is 4.79 Å². The van der Waals surface area contributed by atoms with Crippen molar-refractivity contribution in [3.8, 4) is 0 Å². The van der Waals surface area contributed by atoms with Gasteiger partial charge >= 0.3 is 0 Å². The zero-order valence-electron chi connectivity index (χ0n) is 10.7. The molecule has 0 spiro atoms. The molecule has 1 amide bonds. The Morgan fingerprint density at radius 2 is 1.78 bits per heavy atom. The molecule has 18 heavy (non-hydrogen) atoms. The second-order valence-corrected chi connectivity index (χ2v) is 7.03. The number of nitrogens with one attached hydrogen (secondary N) is 1. The minimum absolute atomic E-state index is 0.0192. The maximum Gasteiger partial charge on any atom is 0.261 e. The Morgan fingerprint density at radius 1 is 1.22 bits per heavy atom. The van der Waals surface area contributed by atoms with Crippen LogP contribution < -0.4 is 5.32 Å². The highest BCUT2D eigenvalue weighted by atomic mass is 35.7. The minimum Gasteiger partial charge on any atom is -0.350 e. The summed E-state index contributed by atoms with van der Waals surface area (Å²) in [5.41, 5.74) is 1.58. The van der Waals surface area contributed by atoms with Crippen molar-refractivity contribution in [2.24, 2.45) is 0 Å². The molecule has 1 aromatic carbocycles. The standard InChI is InChI=1S/C12H16ClNO3S/c1-7(2)14-12(15)10-6-11(18(13,16)17)9(4)5-8(10)3/h5-7H,1-4H3,(H,14,15). The molecule has 6 heteroatoms. The summed E-state index contributed by atoms with van der Waals surface area (Å²) in [7, 11) is 1.50. The molecule has 0 saturated heterocycles. The van der Waals surface area contributed by atoms with Gasteiger partial charge < -0.3 is 5.32 Å². The maximum atomic E-state index is 11.9. The predicted molar refractivity (Wildman–Crippen MR) is 71.6 cm³/mol. The van der Waals surface area contributed by atoms with E-state index in [1.165, 1.54) is 6.07 Å². The first-order chi connectivity index (χ1) is 8.12. The Morgan fingerprint density at radius 3 is 2.22 bits per heavy atom. The molecule has 0 atom stereocenters. The normalized spacial score (nSPS) is 11.7. The largest absolute Gasteiger partial charge is 0.350 e. The molecule has 0 fully saturated rings. The van der Waals surface area contributed by atoms with Crippen molar-refractivity contribution in [3.05, 3.63) is 28.8 Å². The zero-order chi connectivity index (χ0) is 14.1. The third kappa shape index (κ3) is 3.46. The molecule has 0 radical (unpaired) electrons. The van der Waals surface area contributed by atoms with Crippen molar-refractivity contribution in [2.75, 3.05) is 0 Å². The third-order valence-corrected chi connectivity index (χ3v) is 3.91. The van der Waals surface area contributed by atoms with Crippen LogP contribution in [-0.2, 0) is 9.05 Å². The number of amides is 1. The Bertz CT molecular complexity index is 579. The lowest BCUT2D eigenvalue weighted by Crippen LogP contribution is -2.30. The molecule has 1 rings (SSSR count). The molecule has 0 saturated carbocycles. The summed E-state index contributed by atoms with van der Waals surface area (Å²) in [5.74, 6) is -0.302. The van der Waals surface area contributed by atoms with Crippen LogP contribution in [0.3, 0.4) is 0 Å². The van der Waals surface area contributed by atoms with Crippen LogP contribution in [-0.4, -0.2) is 20.4 Å². The van der Waals surface area contributed by atoms with Crippen LogP contribution in [0.2, 0.25) is 0 Å². The minimum atomic E-state index is -3.84. The molecule has 1 N–H and O–H groups in total. The Kier molecular flexibility index (Phi) is 4.40. The molecule has 0 unspecified atom stereocenters. The van der Waals surface area contributed by atoms with Crippen LogP contribution in [0.1, 0.15) is 35.3 Å². The highest BCUT2D eigenvalue weighted by Crippen LogP contribution is 2.23. The van der Waals surface area contributed by atoms with Crippen molar-refractivity contribution >= 4 is 25.6 Å². The first kappa shape index (κ1) is 15.0. The molecule has 4 nitrogen and oxygen atoms in total. The van der Waals surface area contributed by atoms with Gasteiger partial charge in [0.15, 0.2) is 0 Å². The lowest BCUT2D eigenvalue weighted by molar-refractivity contribution is 0.0942. The molecule has 0 bridgehead atoms. The second-order valence-electron chi connectivity index (χ2n) is 4.50. The van der Waals surface area contributed by atoms with Gasteiger partial charge in [0.1, 0.15) is 0 Å². The average molecular weight is 290 g/mol. The number of aryl methyl sites for hydroxylation is 2. The smallest absolute Gasteiger partial charge is 0.261 e. The van der Waals surface area contributed by atoms with Crippen LogP contribution in [0.5, 0.6) is 0 Å². The van der Waals surface area contributed by atoms with E-state index in [1.807, 2.05) is 13.8 Å². The van der Waals surface area contributed by atoms with E-state index in [0.29, 0.717) is 11.1 Å². The molecule has 0 aliphatic heterocycles. The van der Waals surface area contributed by atoms with E-state index in [4.69, 9.17) is 10.7 Å². The van der Waals surface area contributed by atoms with E-state index in [2.05, 4.69) is 5.32 Å². The van der Waals surface area contributed by atoms with Gasteiger partial charge in [-0.05, 0) is 44.9 Å². The average Bonchev–Trinajstić information content (AvgIpc) is 2.13. The van der Waals surface area contributed by atoms with Crippen LogP contribution in [0.4, 0.5) is 0 Å². The monoisotopic (exact) mass is 289 g/mol. The van der Waals surface area contributed by atoms with Crippen molar-refractivity contribution in [1.82, 2.24) is 5.32 Å². The van der Waals surface area contributed by atoms with Crippen molar-refractivity contribution in [1.29, 1.82) is 0 Å². The fourth-order valence-corrected chi connectivity index (χ4v) is 2.88. The first-order valence-electron chi connectivity index (χ1n) is 5.49. The Balaban J connectivity index is 3.34. The fourth-order valence-electron chi connectivity index (χ4n) is 1.68. The SMILES string of the molecule is Cc1cc(C)c(S(=O)(=O)Cl)cc1C(=O)NC(C)C. The van der Waals surface area contributed by atoms with E-state index in [9.17, 15) is 13.2 Å². The summed E-state index contributed by atoms with van der Waals surface area (Å²) in [5, 5.41) is 2.72. The van der Waals surface area contributed by atoms with Gasteiger partial charge in [0.2, 0.25) is 0 Å². The van der Waals surface area contributed by atoms with Gasteiger partial charge in [-0.2, -0.15) is 0 Å². The van der Waals surface area contributed by atoms with Crippen molar-refractivity contribution in [3.63, 3.8) is 0 Å². The molecule has 0 aliphatic rings. The molecule has 100 valence electrons. The first-order valence-corrected chi connectivity index (χ1v) is 7.80. The van der Waals surface area contributed by atoms with Gasteiger partial charge in [0.25, 0.3) is 15.0 Å². The number of carbonyl (C=O) groups is 1. The Labute approximate surface area is 112 Å². The highest BCUT2D eigenvalue weighted by Gasteiger charge is 2.19. The maximum absolute atomic E-state index is 11.9. The molecular weight excluding hydrogens is 274 g/mol. The van der Waals surface area contributed by atoms with Gasteiger partial charge in [0, 0.05) is 22.3 Å². The van der Waals surface area contributed by atoms with Crippen LogP contribution in [0, 0.1) is 13.8 Å². The quantitative estimate of drug-likeness (QED) is 0.869. The van der Waals surface area contributed by atoms with E-state index in [-0.39, 0.29) is 16.8 Å². The van der Waals surface area contributed by atoms with Crippen molar-refractivity contribution < 1.29 is 13.2 Å². The number of carbonyl (C=O) groups excluding carboxylic acids is 1. The summed E-state index contributed by atoms with van der Waals surface area (Å²) in [6, 6.07) is 2.95. The number of benzene rings is 1. The second kappa shape index (κ2) is 5.28. The Hall–Kier alpha value is -1.07. The molecule has 0 aromatic heterocycles. The summed E-state index contributed by atoms with van der Waals surface area (Å²) in [6.07, 6.45) is 0. The van der Waals surface area contributed by atoms with E-state index in [1.54, 1.807) is 19.9 Å². The van der Waals surface area contributed by atoms with Crippen LogP contribution in [0.25, 0.3) is 0 Å². The van der Waals surface area contributed by atoms with Gasteiger partial charge in [-0.1, -0.05) is 6.07 Å². The number of halogens is 1. The van der Waals surface area contributed by atoms with Crippen LogP contribution >= 0.6 is 10.7 Å². The van der Waals surface area contributed by atoms with Gasteiger partial charge in [-0.25, -0.2) is 8.42 Å². The number of hydrogen-bond donors (Lipinski definition) is 1. The molecular formula is C12H16ClNO3S. The van der Waals surface area contributed by atoms with Gasteiger partial charge in [0.05, 0.1) is 4.90 Å². The number of rotatable bonds is 3. The summed E-state index contributed by atoms with van der Waals surface area (Å²) in [4.78, 5) is 11.9. The fraction of sp³-hybridized carbons (Fsp3) is 0.417. The van der Waals surface area contributed by atoms with Crippen LogP contribution in [0.15, 0.2) is 17.0 Å².